The monoisotopic (exact) mass is 245 g/mol. The van der Waals surface area contributed by atoms with E-state index in [4.69, 9.17) is 0 Å². The van der Waals surface area contributed by atoms with Crippen molar-refractivity contribution in [1.82, 2.24) is 5.32 Å². The summed E-state index contributed by atoms with van der Waals surface area (Å²) in [5.74, 6) is 0.854. The van der Waals surface area contributed by atoms with Gasteiger partial charge in [-0.2, -0.15) is 0 Å². The maximum Gasteiger partial charge on any atom is 0.230 e. The van der Waals surface area contributed by atoms with Crippen LogP contribution in [0, 0.1) is 12.8 Å². The van der Waals surface area contributed by atoms with Gasteiger partial charge in [-0.3, -0.25) is 4.79 Å². The van der Waals surface area contributed by atoms with Crippen LogP contribution in [0.4, 0.5) is 0 Å². The van der Waals surface area contributed by atoms with Crippen molar-refractivity contribution in [2.75, 3.05) is 6.54 Å². The number of nitrogens with one attached hydrogen (secondary N) is 1. The van der Waals surface area contributed by atoms with Crippen LogP contribution in [0.2, 0.25) is 0 Å². The highest BCUT2D eigenvalue weighted by Crippen LogP contribution is 2.48. The minimum atomic E-state index is -0.218. The Morgan fingerprint density at radius 2 is 1.89 bits per heavy atom. The predicted octanol–water partition coefficient (Wildman–Crippen LogP) is 3.19. The first-order valence-corrected chi connectivity index (χ1v) is 6.90. The molecule has 0 heterocycles. The van der Waals surface area contributed by atoms with Crippen LogP contribution < -0.4 is 5.32 Å². The zero-order valence-electron chi connectivity index (χ0n) is 11.6. The molecule has 0 atom stereocenters. The standard InChI is InChI=1S/C16H23NO/c1-12(2)8-11-17-15(18)16(9-10-16)14-6-4-13(3)5-7-14/h4-7,12H,8-11H2,1-3H3,(H,17,18). The van der Waals surface area contributed by atoms with E-state index in [0.717, 1.165) is 25.8 Å². The van der Waals surface area contributed by atoms with Crippen LogP contribution in [-0.2, 0) is 10.2 Å². The van der Waals surface area contributed by atoms with E-state index in [9.17, 15) is 4.79 Å². The van der Waals surface area contributed by atoms with Gasteiger partial charge < -0.3 is 5.32 Å². The molecule has 1 amide bonds. The molecule has 1 aromatic rings. The number of carbonyl (C=O) groups excluding carboxylic acids is 1. The van der Waals surface area contributed by atoms with E-state index in [1.165, 1.54) is 11.1 Å². The fourth-order valence-corrected chi connectivity index (χ4v) is 2.29. The fraction of sp³-hybridized carbons (Fsp3) is 0.562. The second kappa shape index (κ2) is 5.13. The Kier molecular flexibility index (Phi) is 3.74. The lowest BCUT2D eigenvalue weighted by Crippen LogP contribution is -2.35. The van der Waals surface area contributed by atoms with Gasteiger partial charge in [-0.1, -0.05) is 43.7 Å². The molecule has 1 N–H and O–H groups in total. The van der Waals surface area contributed by atoms with Crippen molar-refractivity contribution in [3.8, 4) is 0 Å². The number of hydrogen-bond donors (Lipinski definition) is 1. The number of carbonyl (C=O) groups is 1. The molecular formula is C16H23NO. The lowest BCUT2D eigenvalue weighted by molar-refractivity contribution is -0.123. The molecule has 1 fully saturated rings. The second-order valence-electron chi connectivity index (χ2n) is 5.89. The Hall–Kier alpha value is -1.31. The van der Waals surface area contributed by atoms with Gasteiger partial charge in [0.05, 0.1) is 5.41 Å². The van der Waals surface area contributed by atoms with Crippen LogP contribution in [0.3, 0.4) is 0 Å². The summed E-state index contributed by atoms with van der Waals surface area (Å²) in [6, 6.07) is 8.39. The van der Waals surface area contributed by atoms with Crippen LogP contribution in [0.15, 0.2) is 24.3 Å². The molecule has 1 aromatic carbocycles. The van der Waals surface area contributed by atoms with Crippen molar-refractivity contribution in [3.63, 3.8) is 0 Å². The van der Waals surface area contributed by atoms with Gasteiger partial charge in [0, 0.05) is 6.54 Å². The Balaban J connectivity index is 1.98. The third kappa shape index (κ3) is 2.74. The minimum Gasteiger partial charge on any atom is -0.355 e. The summed E-state index contributed by atoms with van der Waals surface area (Å²) in [6.45, 7) is 7.23. The van der Waals surface area contributed by atoms with Crippen molar-refractivity contribution in [1.29, 1.82) is 0 Å². The average Bonchev–Trinajstić information content (AvgIpc) is 3.10. The summed E-state index contributed by atoms with van der Waals surface area (Å²) >= 11 is 0. The van der Waals surface area contributed by atoms with Crippen LogP contribution in [-0.4, -0.2) is 12.5 Å². The van der Waals surface area contributed by atoms with E-state index in [0.29, 0.717) is 5.92 Å². The van der Waals surface area contributed by atoms with Crippen LogP contribution >= 0.6 is 0 Å². The van der Waals surface area contributed by atoms with Crippen molar-refractivity contribution in [3.05, 3.63) is 35.4 Å². The normalized spacial score (nSPS) is 16.7. The topological polar surface area (TPSA) is 29.1 Å². The van der Waals surface area contributed by atoms with Gasteiger partial charge in [-0.15, -0.1) is 0 Å². The summed E-state index contributed by atoms with van der Waals surface area (Å²) in [6.07, 6.45) is 3.03. The molecular weight excluding hydrogens is 222 g/mol. The zero-order chi connectivity index (χ0) is 13.2. The summed E-state index contributed by atoms with van der Waals surface area (Å²) in [5.41, 5.74) is 2.20. The molecule has 1 aliphatic carbocycles. The van der Waals surface area contributed by atoms with Gasteiger partial charge in [0.2, 0.25) is 5.91 Å². The van der Waals surface area contributed by atoms with E-state index in [1.807, 2.05) is 0 Å². The summed E-state index contributed by atoms with van der Waals surface area (Å²) in [4.78, 5) is 12.3. The number of hydrogen-bond acceptors (Lipinski definition) is 1. The predicted molar refractivity (Wildman–Crippen MR) is 74.6 cm³/mol. The highest BCUT2D eigenvalue weighted by atomic mass is 16.2. The summed E-state index contributed by atoms with van der Waals surface area (Å²) in [5, 5.41) is 3.09. The van der Waals surface area contributed by atoms with Crippen LogP contribution in [0.25, 0.3) is 0 Å². The molecule has 0 bridgehead atoms. The van der Waals surface area contributed by atoms with Crippen molar-refractivity contribution in [2.45, 2.75) is 45.4 Å². The second-order valence-corrected chi connectivity index (χ2v) is 5.89. The smallest absolute Gasteiger partial charge is 0.230 e. The molecule has 0 aromatic heterocycles. The van der Waals surface area contributed by atoms with Crippen molar-refractivity contribution < 1.29 is 4.79 Å². The quantitative estimate of drug-likeness (QED) is 0.848. The van der Waals surface area contributed by atoms with Crippen molar-refractivity contribution in [2.24, 2.45) is 5.92 Å². The molecule has 0 radical (unpaired) electrons. The Morgan fingerprint density at radius 3 is 2.39 bits per heavy atom. The number of aryl methyl sites for hydroxylation is 1. The SMILES string of the molecule is Cc1ccc(C2(C(=O)NCCC(C)C)CC2)cc1. The summed E-state index contributed by atoms with van der Waals surface area (Å²) in [7, 11) is 0. The van der Waals surface area contributed by atoms with E-state index in [-0.39, 0.29) is 11.3 Å². The molecule has 1 aliphatic rings. The number of rotatable bonds is 5. The van der Waals surface area contributed by atoms with Gasteiger partial charge in [0.1, 0.15) is 0 Å². The lowest BCUT2D eigenvalue weighted by Gasteiger charge is -2.16. The third-order valence-electron chi connectivity index (χ3n) is 3.80. The van der Waals surface area contributed by atoms with Gasteiger partial charge >= 0.3 is 0 Å². The van der Waals surface area contributed by atoms with E-state index in [1.54, 1.807) is 0 Å². The van der Waals surface area contributed by atoms with Crippen LogP contribution in [0.5, 0.6) is 0 Å². The molecule has 0 spiro atoms. The maximum atomic E-state index is 12.3. The first-order chi connectivity index (χ1) is 8.54. The summed E-state index contributed by atoms with van der Waals surface area (Å²) < 4.78 is 0. The minimum absolute atomic E-state index is 0.215. The third-order valence-corrected chi connectivity index (χ3v) is 3.80. The molecule has 98 valence electrons. The molecule has 18 heavy (non-hydrogen) atoms. The Morgan fingerprint density at radius 1 is 1.28 bits per heavy atom. The molecule has 2 heteroatoms. The van der Waals surface area contributed by atoms with Crippen molar-refractivity contribution >= 4 is 5.91 Å². The molecule has 2 nitrogen and oxygen atoms in total. The first-order valence-electron chi connectivity index (χ1n) is 6.90. The Bertz CT molecular complexity index is 415. The molecule has 1 saturated carbocycles. The number of amides is 1. The largest absolute Gasteiger partial charge is 0.355 e. The Labute approximate surface area is 110 Å². The first kappa shape index (κ1) is 13.1. The maximum absolute atomic E-state index is 12.3. The van der Waals surface area contributed by atoms with Gasteiger partial charge in [0.15, 0.2) is 0 Å². The van der Waals surface area contributed by atoms with E-state index in [2.05, 4.69) is 50.4 Å². The average molecular weight is 245 g/mol. The fourth-order valence-electron chi connectivity index (χ4n) is 2.29. The molecule has 0 aliphatic heterocycles. The van der Waals surface area contributed by atoms with Gasteiger partial charge in [-0.05, 0) is 37.7 Å². The van der Waals surface area contributed by atoms with E-state index < -0.39 is 0 Å². The highest BCUT2D eigenvalue weighted by molar-refractivity contribution is 5.91. The highest BCUT2D eigenvalue weighted by Gasteiger charge is 2.50. The zero-order valence-corrected chi connectivity index (χ0v) is 11.6. The van der Waals surface area contributed by atoms with Crippen LogP contribution in [0.1, 0.15) is 44.2 Å². The molecule has 0 unspecified atom stereocenters. The lowest BCUT2D eigenvalue weighted by atomic mass is 9.94. The number of benzene rings is 1. The van der Waals surface area contributed by atoms with E-state index >= 15 is 0 Å². The molecule has 2 rings (SSSR count). The van der Waals surface area contributed by atoms with Gasteiger partial charge in [-0.25, -0.2) is 0 Å². The van der Waals surface area contributed by atoms with Gasteiger partial charge in [0.25, 0.3) is 0 Å². The molecule has 0 saturated heterocycles.